The smallest absolute Gasteiger partial charge is 0.256 e. The molecule has 6 heteroatoms. The van der Waals surface area contributed by atoms with Crippen LogP contribution in [0.1, 0.15) is 74.9 Å². The van der Waals surface area contributed by atoms with E-state index in [2.05, 4.69) is 366 Å². The van der Waals surface area contributed by atoms with Crippen molar-refractivity contribution in [3.63, 3.8) is 0 Å². The highest BCUT2D eigenvalue weighted by atomic mass is 16.5. The minimum atomic E-state index is -0.591. The van der Waals surface area contributed by atoms with Crippen LogP contribution in [0.3, 0.4) is 0 Å². The number of fused-ring (bicyclic) bond motifs is 18. The van der Waals surface area contributed by atoms with Crippen molar-refractivity contribution in [2.24, 2.45) is 0 Å². The SMILES string of the molecule is CC(C)(C)c1ccc(N2c3ccccc3B3c4cc5c(cc4Oc4cc(-c6cccc7c6C6(c8ccccc8-c8ccccc86)c6ccccc6-7)cc2c43)N(c2ccccc2-c2ccccc2)c2cc(C(C)(C)C)cc3c2B5c2ccccc2N3c2ccccc2)c(-c2ccccc2)c1. The van der Waals surface area contributed by atoms with Crippen LogP contribution in [-0.2, 0) is 16.2 Å². The van der Waals surface area contributed by atoms with E-state index in [9.17, 15) is 0 Å². The van der Waals surface area contributed by atoms with Gasteiger partial charge < -0.3 is 19.4 Å². The van der Waals surface area contributed by atoms with Gasteiger partial charge >= 0.3 is 0 Å². The van der Waals surface area contributed by atoms with Crippen molar-refractivity contribution in [3.8, 4) is 67.1 Å². The maximum Gasteiger partial charge on any atom is 0.256 e. The predicted octanol–water partition coefficient (Wildman–Crippen LogP) is 20.1. The van der Waals surface area contributed by atoms with Gasteiger partial charge in [0.25, 0.3) is 13.4 Å². The molecule has 4 aliphatic heterocycles. The van der Waals surface area contributed by atoms with Crippen molar-refractivity contribution < 1.29 is 4.74 Å². The Hall–Kier alpha value is -11.6. The summed E-state index contributed by atoms with van der Waals surface area (Å²) in [7, 11) is 0. The first-order valence-electron chi connectivity index (χ1n) is 35.0. The van der Waals surface area contributed by atoms with Crippen LogP contribution in [0.2, 0.25) is 0 Å². The summed E-state index contributed by atoms with van der Waals surface area (Å²) in [6.45, 7) is 13.7. The van der Waals surface area contributed by atoms with Crippen LogP contribution in [0.15, 0.2) is 309 Å². The lowest BCUT2D eigenvalue weighted by Crippen LogP contribution is -2.64. The highest BCUT2D eigenvalue weighted by Crippen LogP contribution is 2.65. The van der Waals surface area contributed by atoms with Crippen LogP contribution < -0.4 is 52.2 Å². The third-order valence-corrected chi connectivity index (χ3v) is 22.4. The molecule has 468 valence electrons. The van der Waals surface area contributed by atoms with Crippen LogP contribution in [0.25, 0.3) is 55.6 Å². The number of benzene rings is 14. The molecule has 4 nitrogen and oxygen atoms in total. The van der Waals surface area contributed by atoms with Crippen molar-refractivity contribution in [1.29, 1.82) is 0 Å². The van der Waals surface area contributed by atoms with Gasteiger partial charge in [-0.2, -0.15) is 0 Å². The molecule has 20 rings (SSSR count). The zero-order valence-corrected chi connectivity index (χ0v) is 56.3. The van der Waals surface area contributed by atoms with E-state index in [0.717, 1.165) is 73.2 Å². The van der Waals surface area contributed by atoms with Crippen LogP contribution in [0.4, 0.5) is 51.2 Å². The fourth-order valence-corrected chi connectivity index (χ4v) is 18.1. The molecule has 0 amide bonds. The predicted molar refractivity (Wildman–Crippen MR) is 416 cm³/mol. The molecule has 0 radical (unpaired) electrons. The van der Waals surface area contributed by atoms with E-state index in [-0.39, 0.29) is 24.3 Å². The molecule has 0 unspecified atom stereocenters. The molecular formula is C93H69B2N3O. The quantitative estimate of drug-likeness (QED) is 0.154. The number of nitrogens with zero attached hydrogens (tertiary/aromatic N) is 3. The molecule has 99 heavy (non-hydrogen) atoms. The number of anilines is 9. The highest BCUT2D eigenvalue weighted by Gasteiger charge is 2.54. The van der Waals surface area contributed by atoms with Gasteiger partial charge in [-0.25, -0.2) is 0 Å². The first-order valence-corrected chi connectivity index (χ1v) is 35.0. The second kappa shape index (κ2) is 21.2. The second-order valence-corrected chi connectivity index (χ2v) is 29.8. The molecular weight excluding hydrogens is 1200 g/mol. The molecule has 0 saturated carbocycles. The topological polar surface area (TPSA) is 19.0 Å². The zero-order chi connectivity index (χ0) is 66.2. The monoisotopic (exact) mass is 1270 g/mol. The van der Waals surface area contributed by atoms with E-state index < -0.39 is 5.41 Å². The van der Waals surface area contributed by atoms with Crippen molar-refractivity contribution in [2.45, 2.75) is 57.8 Å². The van der Waals surface area contributed by atoms with Gasteiger partial charge in [-0.05, 0) is 188 Å². The Kier molecular flexibility index (Phi) is 12.3. The number of hydrogen-bond donors (Lipinski definition) is 0. The first kappa shape index (κ1) is 57.6. The Labute approximate surface area is 580 Å². The van der Waals surface area contributed by atoms with Crippen molar-refractivity contribution in [1.82, 2.24) is 0 Å². The molecule has 1 spiro atoms. The molecule has 6 aliphatic rings. The van der Waals surface area contributed by atoms with Crippen molar-refractivity contribution in [3.05, 3.63) is 343 Å². The molecule has 0 atom stereocenters. The van der Waals surface area contributed by atoms with Gasteiger partial charge in [0.2, 0.25) is 0 Å². The summed E-state index contributed by atoms with van der Waals surface area (Å²) in [5, 5.41) is 0. The van der Waals surface area contributed by atoms with E-state index in [0.29, 0.717) is 0 Å². The summed E-state index contributed by atoms with van der Waals surface area (Å²) < 4.78 is 8.10. The van der Waals surface area contributed by atoms with Gasteiger partial charge in [0.1, 0.15) is 11.5 Å². The molecule has 0 fully saturated rings. The summed E-state index contributed by atoms with van der Waals surface area (Å²) in [6.07, 6.45) is 0. The second-order valence-electron chi connectivity index (χ2n) is 29.8. The third kappa shape index (κ3) is 8.24. The van der Waals surface area contributed by atoms with Crippen LogP contribution in [-0.4, -0.2) is 13.4 Å². The normalized spacial score (nSPS) is 14.2. The lowest BCUT2D eigenvalue weighted by Gasteiger charge is -2.46. The van der Waals surface area contributed by atoms with Crippen LogP contribution >= 0.6 is 0 Å². The molecule has 2 aliphatic carbocycles. The Morgan fingerprint density at radius 3 is 1.36 bits per heavy atom. The molecule has 14 aromatic rings. The number of hydrogen-bond acceptors (Lipinski definition) is 4. The number of para-hydroxylation sites is 4. The number of rotatable bonds is 6. The molecule has 4 heterocycles. The Morgan fingerprint density at radius 1 is 0.273 bits per heavy atom. The Balaban J connectivity index is 0.890. The van der Waals surface area contributed by atoms with E-state index in [1.807, 2.05) is 0 Å². The van der Waals surface area contributed by atoms with E-state index in [1.54, 1.807) is 0 Å². The first-order chi connectivity index (χ1) is 48.4. The van der Waals surface area contributed by atoms with E-state index >= 15 is 0 Å². The van der Waals surface area contributed by atoms with E-state index in [4.69, 9.17) is 4.74 Å². The third-order valence-electron chi connectivity index (χ3n) is 22.4. The maximum absolute atomic E-state index is 8.10. The van der Waals surface area contributed by atoms with Gasteiger partial charge in [-0.15, -0.1) is 0 Å². The molecule has 0 bridgehead atoms. The van der Waals surface area contributed by atoms with Crippen molar-refractivity contribution >= 4 is 97.4 Å². The summed E-state index contributed by atoms with van der Waals surface area (Å²) in [5.74, 6) is 1.71. The standard InChI is InChI=1S/C93H69B2N3O/c1-91(2,3)61-49-50-79(70(53-61)59-31-12-8-13-32-59)97-81-48-27-24-45-75(81)95-77-56-76-82(57-86(77)99-87-52-60(51-83(97)90(87)95)65-39-28-40-69-68-38-18-22-43-73(68)93(88(65)69)71-41-20-16-36-66(71)67-37-17-21-42-72(67)93)98(78-46-25-19-35-64(78)58-29-10-7-11-30-58)85-55-62(92(4,5)6)54-84-89(85)94(76)74-44-23-26-47-80(74)96(84)63-33-14-9-15-34-63/h7-57H,1-6H3. The Bertz CT molecular complexity index is 5660. The summed E-state index contributed by atoms with van der Waals surface area (Å²) >= 11 is 0. The van der Waals surface area contributed by atoms with Gasteiger partial charge in [0.05, 0.1) is 16.8 Å². The minimum absolute atomic E-state index is 0.102. The summed E-state index contributed by atoms with van der Waals surface area (Å²) in [5.41, 5.74) is 36.5. The molecule has 0 N–H and O–H groups in total. The largest absolute Gasteiger partial charge is 0.458 e. The zero-order valence-electron chi connectivity index (χ0n) is 56.3. The lowest BCUT2D eigenvalue weighted by molar-refractivity contribution is 0.488. The Morgan fingerprint density at radius 2 is 0.737 bits per heavy atom. The van der Waals surface area contributed by atoms with Gasteiger partial charge in [-0.3, -0.25) is 0 Å². The maximum atomic E-state index is 8.10. The lowest BCUT2D eigenvalue weighted by atomic mass is 9.30. The van der Waals surface area contributed by atoms with Gasteiger partial charge in [-0.1, -0.05) is 278 Å². The number of ether oxygens (including phenoxy) is 1. The average molecular weight is 1270 g/mol. The van der Waals surface area contributed by atoms with Crippen LogP contribution in [0, 0.1) is 0 Å². The molecule has 14 aromatic carbocycles. The van der Waals surface area contributed by atoms with Crippen LogP contribution in [0.5, 0.6) is 11.5 Å². The highest BCUT2D eigenvalue weighted by molar-refractivity contribution is 7.02. The fraction of sp³-hybridized carbons (Fsp3) is 0.0968. The average Bonchev–Trinajstić information content (AvgIpc) is 1.62. The van der Waals surface area contributed by atoms with E-state index in [1.165, 1.54) is 111 Å². The fourth-order valence-electron chi connectivity index (χ4n) is 18.1. The van der Waals surface area contributed by atoms with Crippen molar-refractivity contribution in [2.75, 3.05) is 14.7 Å². The minimum Gasteiger partial charge on any atom is -0.458 e. The molecule has 0 aromatic heterocycles. The van der Waals surface area contributed by atoms with Gasteiger partial charge in [0.15, 0.2) is 0 Å². The summed E-state index contributed by atoms with van der Waals surface area (Å²) in [4.78, 5) is 7.73. The summed E-state index contributed by atoms with van der Waals surface area (Å²) in [6, 6.07) is 117. The van der Waals surface area contributed by atoms with Gasteiger partial charge in [0, 0.05) is 57.0 Å². The molecule has 0 saturated heterocycles.